The van der Waals surface area contributed by atoms with Crippen molar-refractivity contribution in [2.75, 3.05) is 31.9 Å². The molecule has 2 aliphatic rings. The van der Waals surface area contributed by atoms with E-state index in [0.29, 0.717) is 17.3 Å². The van der Waals surface area contributed by atoms with Crippen LogP contribution in [0.5, 0.6) is 0 Å². The van der Waals surface area contributed by atoms with Crippen molar-refractivity contribution in [3.05, 3.63) is 29.8 Å². The lowest BCUT2D eigenvalue weighted by molar-refractivity contribution is 0.0644. The molecule has 1 amide bonds. The van der Waals surface area contributed by atoms with Gasteiger partial charge < -0.3 is 15.5 Å². The van der Waals surface area contributed by atoms with Crippen molar-refractivity contribution in [3.8, 4) is 0 Å². The van der Waals surface area contributed by atoms with Gasteiger partial charge in [-0.1, -0.05) is 6.07 Å². The van der Waals surface area contributed by atoms with E-state index in [0.717, 1.165) is 25.9 Å². The van der Waals surface area contributed by atoms with E-state index in [4.69, 9.17) is 5.73 Å². The Kier molecular flexibility index (Phi) is 3.92. The van der Waals surface area contributed by atoms with Crippen LogP contribution < -0.4 is 5.73 Å². The maximum absolute atomic E-state index is 12.4. The van der Waals surface area contributed by atoms with E-state index in [1.807, 2.05) is 23.1 Å². The molecule has 1 aromatic carbocycles. The minimum atomic E-state index is 0.122. The zero-order chi connectivity index (χ0) is 13.9. The molecule has 0 aromatic heterocycles. The molecule has 3 rings (SSSR count). The third-order valence-electron chi connectivity index (χ3n) is 4.54. The van der Waals surface area contributed by atoms with Gasteiger partial charge in [-0.15, -0.1) is 0 Å². The van der Waals surface area contributed by atoms with Gasteiger partial charge in [0.25, 0.3) is 5.91 Å². The van der Waals surface area contributed by atoms with Gasteiger partial charge in [-0.2, -0.15) is 0 Å². The van der Waals surface area contributed by atoms with E-state index in [9.17, 15) is 4.79 Å². The Bertz CT molecular complexity index is 474. The van der Waals surface area contributed by atoms with Crippen LogP contribution in [0.15, 0.2) is 24.3 Å². The SMILES string of the molecule is Nc1cccc(C(=O)N2CCC(N3CCCC3)CC2)c1. The number of nitrogen functional groups attached to an aromatic ring is 1. The first-order chi connectivity index (χ1) is 9.74. The quantitative estimate of drug-likeness (QED) is 0.838. The predicted octanol–water partition coefficient (Wildman–Crippen LogP) is 1.97. The number of rotatable bonds is 2. The molecule has 20 heavy (non-hydrogen) atoms. The third kappa shape index (κ3) is 2.80. The first-order valence-corrected chi connectivity index (χ1v) is 7.63. The molecule has 0 aliphatic carbocycles. The fourth-order valence-electron chi connectivity index (χ4n) is 3.40. The minimum Gasteiger partial charge on any atom is -0.399 e. The summed E-state index contributed by atoms with van der Waals surface area (Å²) < 4.78 is 0. The number of carbonyl (C=O) groups is 1. The number of nitrogens with zero attached hydrogens (tertiary/aromatic N) is 2. The van der Waals surface area contributed by atoms with Gasteiger partial charge in [0.2, 0.25) is 0 Å². The molecule has 0 bridgehead atoms. The Morgan fingerprint density at radius 3 is 2.45 bits per heavy atom. The molecule has 0 atom stereocenters. The fourth-order valence-corrected chi connectivity index (χ4v) is 3.40. The summed E-state index contributed by atoms with van der Waals surface area (Å²) >= 11 is 0. The molecule has 0 unspecified atom stereocenters. The molecule has 2 fully saturated rings. The molecule has 0 saturated carbocycles. The van der Waals surface area contributed by atoms with E-state index in [-0.39, 0.29) is 5.91 Å². The molecule has 0 radical (unpaired) electrons. The van der Waals surface area contributed by atoms with E-state index < -0.39 is 0 Å². The normalized spacial score (nSPS) is 21.3. The summed E-state index contributed by atoms with van der Waals surface area (Å²) in [5.41, 5.74) is 7.12. The van der Waals surface area contributed by atoms with Gasteiger partial charge in [-0.25, -0.2) is 0 Å². The van der Waals surface area contributed by atoms with Crippen LogP contribution in [-0.2, 0) is 0 Å². The van der Waals surface area contributed by atoms with Gasteiger partial charge in [0.1, 0.15) is 0 Å². The van der Waals surface area contributed by atoms with E-state index in [1.165, 1.54) is 25.9 Å². The summed E-state index contributed by atoms with van der Waals surface area (Å²) in [7, 11) is 0. The van der Waals surface area contributed by atoms with Crippen molar-refractivity contribution in [1.29, 1.82) is 0 Å². The standard InChI is InChI=1S/C16H23N3O/c17-14-5-3-4-13(12-14)16(20)19-10-6-15(7-11-19)18-8-1-2-9-18/h3-5,12,15H,1-2,6-11,17H2. The van der Waals surface area contributed by atoms with Gasteiger partial charge in [-0.3, -0.25) is 4.79 Å². The van der Waals surface area contributed by atoms with E-state index >= 15 is 0 Å². The van der Waals surface area contributed by atoms with Gasteiger partial charge in [0.05, 0.1) is 0 Å². The van der Waals surface area contributed by atoms with Crippen LogP contribution in [-0.4, -0.2) is 47.9 Å². The number of likely N-dealkylation sites (tertiary alicyclic amines) is 2. The molecular weight excluding hydrogens is 250 g/mol. The molecule has 108 valence electrons. The Hall–Kier alpha value is -1.55. The maximum atomic E-state index is 12.4. The average Bonchev–Trinajstić information content (AvgIpc) is 3.01. The highest BCUT2D eigenvalue weighted by atomic mass is 16.2. The summed E-state index contributed by atoms with van der Waals surface area (Å²) in [6.07, 6.45) is 4.88. The molecule has 0 spiro atoms. The summed E-state index contributed by atoms with van der Waals surface area (Å²) in [6, 6.07) is 7.97. The van der Waals surface area contributed by atoms with Crippen LogP contribution >= 0.6 is 0 Å². The lowest BCUT2D eigenvalue weighted by Crippen LogP contribution is -2.45. The van der Waals surface area contributed by atoms with E-state index in [2.05, 4.69) is 4.90 Å². The van der Waals surface area contributed by atoms with Crippen LogP contribution in [0.2, 0.25) is 0 Å². The Morgan fingerprint density at radius 1 is 1.10 bits per heavy atom. The molecule has 2 N–H and O–H groups in total. The monoisotopic (exact) mass is 273 g/mol. The molecular formula is C16H23N3O. The molecule has 2 saturated heterocycles. The second-order valence-corrected chi connectivity index (χ2v) is 5.89. The number of amides is 1. The number of anilines is 1. The second kappa shape index (κ2) is 5.83. The van der Waals surface area contributed by atoms with Crippen molar-refractivity contribution < 1.29 is 4.79 Å². The predicted molar refractivity (Wildman–Crippen MR) is 80.6 cm³/mol. The Balaban J connectivity index is 1.58. The Morgan fingerprint density at radius 2 is 1.80 bits per heavy atom. The third-order valence-corrected chi connectivity index (χ3v) is 4.54. The maximum Gasteiger partial charge on any atom is 0.253 e. The van der Waals surface area contributed by atoms with Crippen LogP contribution in [0.25, 0.3) is 0 Å². The minimum absolute atomic E-state index is 0.122. The number of carbonyl (C=O) groups excluding carboxylic acids is 1. The van der Waals surface area contributed by atoms with Gasteiger partial charge >= 0.3 is 0 Å². The van der Waals surface area contributed by atoms with Crippen molar-refractivity contribution >= 4 is 11.6 Å². The number of piperidine rings is 1. The van der Waals surface area contributed by atoms with Crippen LogP contribution in [0.1, 0.15) is 36.0 Å². The Labute approximate surface area is 120 Å². The summed E-state index contributed by atoms with van der Waals surface area (Å²) in [4.78, 5) is 17.0. The average molecular weight is 273 g/mol. The molecule has 4 nitrogen and oxygen atoms in total. The summed E-state index contributed by atoms with van der Waals surface area (Å²) in [6.45, 7) is 4.23. The van der Waals surface area contributed by atoms with Crippen molar-refractivity contribution in [2.24, 2.45) is 0 Å². The fraction of sp³-hybridized carbons (Fsp3) is 0.562. The zero-order valence-corrected chi connectivity index (χ0v) is 11.9. The highest BCUT2D eigenvalue weighted by Crippen LogP contribution is 2.22. The number of nitrogens with two attached hydrogens (primary N) is 1. The highest BCUT2D eigenvalue weighted by Gasteiger charge is 2.28. The first kappa shape index (κ1) is 13.4. The van der Waals surface area contributed by atoms with E-state index in [1.54, 1.807) is 6.07 Å². The topological polar surface area (TPSA) is 49.6 Å². The van der Waals surface area contributed by atoms with Gasteiger partial charge in [-0.05, 0) is 57.0 Å². The highest BCUT2D eigenvalue weighted by molar-refractivity contribution is 5.95. The molecule has 1 aromatic rings. The molecule has 2 heterocycles. The summed E-state index contributed by atoms with van der Waals surface area (Å²) in [5.74, 6) is 0.122. The number of hydrogen-bond donors (Lipinski definition) is 1. The lowest BCUT2D eigenvalue weighted by Gasteiger charge is -2.36. The van der Waals surface area contributed by atoms with Crippen LogP contribution in [0.4, 0.5) is 5.69 Å². The summed E-state index contributed by atoms with van der Waals surface area (Å²) in [5, 5.41) is 0. The first-order valence-electron chi connectivity index (χ1n) is 7.63. The van der Waals surface area contributed by atoms with Crippen molar-refractivity contribution in [3.63, 3.8) is 0 Å². The number of benzene rings is 1. The van der Waals surface area contributed by atoms with Crippen molar-refractivity contribution in [1.82, 2.24) is 9.80 Å². The zero-order valence-electron chi connectivity index (χ0n) is 11.9. The molecule has 2 aliphatic heterocycles. The number of hydrogen-bond acceptors (Lipinski definition) is 3. The molecule has 4 heteroatoms. The smallest absolute Gasteiger partial charge is 0.253 e. The van der Waals surface area contributed by atoms with Crippen LogP contribution in [0, 0.1) is 0 Å². The second-order valence-electron chi connectivity index (χ2n) is 5.89. The van der Waals surface area contributed by atoms with Gasteiger partial charge in [0, 0.05) is 30.4 Å². The van der Waals surface area contributed by atoms with Gasteiger partial charge in [0.15, 0.2) is 0 Å². The lowest BCUT2D eigenvalue weighted by atomic mass is 10.0. The van der Waals surface area contributed by atoms with Crippen molar-refractivity contribution in [2.45, 2.75) is 31.7 Å². The largest absolute Gasteiger partial charge is 0.399 e. The van der Waals surface area contributed by atoms with Crippen LogP contribution in [0.3, 0.4) is 0 Å².